The molecule has 1 fully saturated rings. The second kappa shape index (κ2) is 7.59. The zero-order valence-corrected chi connectivity index (χ0v) is 16.6. The number of rotatable bonds is 6. The SMILES string of the molecule is Cc1ccc(COc2ccc(-c3cccn4nc(NC(=O)C5CC5)nc34)cc2)nc1. The first-order valence-electron chi connectivity index (χ1n) is 9.97. The minimum atomic E-state index is -0.00276. The highest BCUT2D eigenvalue weighted by molar-refractivity contribution is 5.93. The van der Waals surface area contributed by atoms with Gasteiger partial charge < -0.3 is 4.74 Å². The van der Waals surface area contributed by atoms with Crippen LogP contribution < -0.4 is 10.1 Å². The number of ether oxygens (including phenoxy) is 1. The van der Waals surface area contributed by atoms with Crippen molar-refractivity contribution in [1.82, 2.24) is 19.6 Å². The minimum Gasteiger partial charge on any atom is -0.487 e. The van der Waals surface area contributed by atoms with Crippen molar-refractivity contribution in [3.63, 3.8) is 0 Å². The highest BCUT2D eigenvalue weighted by atomic mass is 16.5. The number of hydrogen-bond acceptors (Lipinski definition) is 5. The Kier molecular flexibility index (Phi) is 4.63. The van der Waals surface area contributed by atoms with Crippen molar-refractivity contribution in [2.45, 2.75) is 26.4 Å². The van der Waals surface area contributed by atoms with E-state index in [1.54, 1.807) is 4.52 Å². The largest absolute Gasteiger partial charge is 0.487 e. The van der Waals surface area contributed by atoms with Gasteiger partial charge in [-0.15, -0.1) is 5.10 Å². The Morgan fingerprint density at radius 2 is 2.00 bits per heavy atom. The number of anilines is 1. The molecule has 0 atom stereocenters. The summed E-state index contributed by atoms with van der Waals surface area (Å²) in [5.41, 5.74) is 4.64. The molecule has 5 rings (SSSR count). The molecule has 1 saturated carbocycles. The van der Waals surface area contributed by atoms with Gasteiger partial charge in [0.15, 0.2) is 5.65 Å². The van der Waals surface area contributed by atoms with Gasteiger partial charge in [-0.2, -0.15) is 4.98 Å². The number of nitrogens with zero attached hydrogens (tertiary/aromatic N) is 4. The molecule has 0 bridgehead atoms. The van der Waals surface area contributed by atoms with Gasteiger partial charge in [0, 0.05) is 23.9 Å². The number of nitrogens with one attached hydrogen (secondary N) is 1. The smallest absolute Gasteiger partial charge is 0.249 e. The summed E-state index contributed by atoms with van der Waals surface area (Å²) in [5.74, 6) is 1.22. The number of hydrogen-bond donors (Lipinski definition) is 1. The first-order valence-corrected chi connectivity index (χ1v) is 9.97. The molecule has 1 aliphatic rings. The molecule has 7 nitrogen and oxygen atoms in total. The standard InChI is InChI=1S/C23H21N5O2/c1-15-4-9-18(24-13-15)14-30-19-10-7-16(8-11-19)20-3-2-12-28-21(20)25-23(27-28)26-22(29)17-5-6-17/h2-4,7-13,17H,5-6,14H2,1H3,(H,26,27,29). The van der Waals surface area contributed by atoms with E-state index >= 15 is 0 Å². The molecular formula is C23H21N5O2. The minimum absolute atomic E-state index is 0.00276. The second-order valence-corrected chi connectivity index (χ2v) is 7.53. The predicted molar refractivity (Wildman–Crippen MR) is 113 cm³/mol. The van der Waals surface area contributed by atoms with Crippen LogP contribution in [0.15, 0.2) is 60.9 Å². The van der Waals surface area contributed by atoms with E-state index in [2.05, 4.69) is 20.4 Å². The van der Waals surface area contributed by atoms with E-state index < -0.39 is 0 Å². The lowest BCUT2D eigenvalue weighted by Gasteiger charge is -2.08. The van der Waals surface area contributed by atoms with E-state index in [0.717, 1.165) is 41.0 Å². The summed E-state index contributed by atoms with van der Waals surface area (Å²) >= 11 is 0. The molecule has 4 aromatic rings. The molecule has 30 heavy (non-hydrogen) atoms. The third kappa shape index (κ3) is 3.87. The van der Waals surface area contributed by atoms with Crippen molar-refractivity contribution in [1.29, 1.82) is 0 Å². The van der Waals surface area contributed by atoms with Crippen LogP contribution in [0.3, 0.4) is 0 Å². The summed E-state index contributed by atoms with van der Waals surface area (Å²) in [6.07, 6.45) is 5.55. The molecule has 1 N–H and O–H groups in total. The number of aryl methyl sites for hydroxylation is 1. The fourth-order valence-electron chi connectivity index (χ4n) is 3.21. The predicted octanol–water partition coefficient (Wildman–Crippen LogP) is 4.03. The van der Waals surface area contributed by atoms with Crippen LogP contribution in [0.25, 0.3) is 16.8 Å². The van der Waals surface area contributed by atoms with E-state index in [1.807, 2.05) is 67.8 Å². The number of carbonyl (C=O) groups excluding carboxylic acids is 1. The van der Waals surface area contributed by atoms with Gasteiger partial charge in [0.1, 0.15) is 12.4 Å². The zero-order valence-electron chi connectivity index (χ0n) is 16.6. The normalized spacial score (nSPS) is 13.4. The van der Waals surface area contributed by atoms with Crippen LogP contribution in [0.2, 0.25) is 0 Å². The molecule has 1 aliphatic carbocycles. The Hall–Kier alpha value is -3.74. The van der Waals surface area contributed by atoms with Crippen LogP contribution in [-0.4, -0.2) is 25.5 Å². The highest BCUT2D eigenvalue weighted by Gasteiger charge is 2.30. The molecule has 0 saturated heterocycles. The van der Waals surface area contributed by atoms with E-state index in [0.29, 0.717) is 18.2 Å². The molecule has 3 aromatic heterocycles. The number of aromatic nitrogens is 4. The molecule has 0 unspecified atom stereocenters. The number of carbonyl (C=O) groups is 1. The molecule has 150 valence electrons. The Morgan fingerprint density at radius 1 is 1.17 bits per heavy atom. The first kappa shape index (κ1) is 18.3. The summed E-state index contributed by atoms with van der Waals surface area (Å²) in [6, 6.07) is 15.7. The summed E-state index contributed by atoms with van der Waals surface area (Å²) in [5, 5.41) is 7.19. The highest BCUT2D eigenvalue weighted by Crippen LogP contribution is 2.30. The Morgan fingerprint density at radius 3 is 2.73 bits per heavy atom. The van der Waals surface area contributed by atoms with Crippen molar-refractivity contribution in [2.75, 3.05) is 5.32 Å². The summed E-state index contributed by atoms with van der Waals surface area (Å²) in [7, 11) is 0. The van der Waals surface area contributed by atoms with Crippen molar-refractivity contribution >= 4 is 17.5 Å². The maximum absolute atomic E-state index is 12.0. The lowest BCUT2D eigenvalue weighted by atomic mass is 10.1. The van der Waals surface area contributed by atoms with Crippen molar-refractivity contribution in [3.05, 3.63) is 72.2 Å². The molecule has 0 spiro atoms. The van der Waals surface area contributed by atoms with Gasteiger partial charge in [-0.1, -0.05) is 18.2 Å². The molecule has 7 heteroatoms. The van der Waals surface area contributed by atoms with Gasteiger partial charge in [-0.25, -0.2) is 4.52 Å². The second-order valence-electron chi connectivity index (χ2n) is 7.53. The van der Waals surface area contributed by atoms with Gasteiger partial charge in [0.05, 0.1) is 5.69 Å². The number of pyridine rings is 2. The lowest BCUT2D eigenvalue weighted by Crippen LogP contribution is -2.14. The van der Waals surface area contributed by atoms with Crippen LogP contribution in [0.5, 0.6) is 5.75 Å². The summed E-state index contributed by atoms with van der Waals surface area (Å²) < 4.78 is 7.53. The van der Waals surface area contributed by atoms with Crippen molar-refractivity contribution in [2.24, 2.45) is 5.92 Å². The number of amides is 1. The van der Waals surface area contributed by atoms with E-state index in [1.165, 1.54) is 0 Å². The third-order valence-corrected chi connectivity index (χ3v) is 5.07. The molecule has 0 aliphatic heterocycles. The molecule has 1 aromatic carbocycles. The Labute approximate surface area is 173 Å². The van der Waals surface area contributed by atoms with Gasteiger partial charge in [0.25, 0.3) is 0 Å². The van der Waals surface area contributed by atoms with E-state index in [9.17, 15) is 4.79 Å². The van der Waals surface area contributed by atoms with Crippen LogP contribution in [0.1, 0.15) is 24.1 Å². The van der Waals surface area contributed by atoms with Crippen molar-refractivity contribution < 1.29 is 9.53 Å². The van der Waals surface area contributed by atoms with E-state index in [4.69, 9.17) is 4.74 Å². The third-order valence-electron chi connectivity index (χ3n) is 5.07. The molecule has 3 heterocycles. The fraction of sp³-hybridized carbons (Fsp3) is 0.217. The van der Waals surface area contributed by atoms with E-state index in [-0.39, 0.29) is 11.8 Å². The van der Waals surface area contributed by atoms with Gasteiger partial charge >= 0.3 is 0 Å². The van der Waals surface area contributed by atoms with Gasteiger partial charge in [-0.3, -0.25) is 15.1 Å². The Balaban J connectivity index is 1.33. The number of fused-ring (bicyclic) bond motifs is 1. The maximum Gasteiger partial charge on any atom is 0.249 e. The van der Waals surface area contributed by atoms with Crippen LogP contribution in [-0.2, 0) is 11.4 Å². The fourth-order valence-corrected chi connectivity index (χ4v) is 3.21. The summed E-state index contributed by atoms with van der Waals surface area (Å²) in [6.45, 7) is 2.43. The molecule has 1 amide bonds. The van der Waals surface area contributed by atoms with Crippen LogP contribution in [0, 0.1) is 12.8 Å². The zero-order chi connectivity index (χ0) is 20.5. The van der Waals surface area contributed by atoms with Crippen LogP contribution >= 0.6 is 0 Å². The number of benzene rings is 1. The average Bonchev–Trinajstić information content (AvgIpc) is 3.54. The van der Waals surface area contributed by atoms with Crippen LogP contribution in [0.4, 0.5) is 5.95 Å². The maximum atomic E-state index is 12.0. The summed E-state index contributed by atoms with van der Waals surface area (Å²) in [4.78, 5) is 20.9. The quantitative estimate of drug-likeness (QED) is 0.529. The van der Waals surface area contributed by atoms with Crippen molar-refractivity contribution in [3.8, 4) is 16.9 Å². The van der Waals surface area contributed by atoms with Gasteiger partial charge in [0.2, 0.25) is 11.9 Å². The average molecular weight is 399 g/mol. The molecule has 0 radical (unpaired) electrons. The lowest BCUT2D eigenvalue weighted by molar-refractivity contribution is -0.117. The monoisotopic (exact) mass is 399 g/mol. The van der Waals surface area contributed by atoms with Gasteiger partial charge in [-0.05, 0) is 61.2 Å². The Bertz CT molecular complexity index is 1190. The first-order chi connectivity index (χ1) is 14.7. The molecular weight excluding hydrogens is 378 g/mol. The topological polar surface area (TPSA) is 81.4 Å².